The number of carbonyl (C=O) groups excluding carboxylic acids is 1. The summed E-state index contributed by atoms with van der Waals surface area (Å²) in [5.41, 5.74) is 3.38. The molecule has 0 amide bonds. The Morgan fingerprint density at radius 2 is 1.76 bits per heavy atom. The number of esters is 1. The summed E-state index contributed by atoms with van der Waals surface area (Å²) in [4.78, 5) is 24.1. The average molecular weight is 336 g/mol. The third-order valence-corrected chi connectivity index (χ3v) is 4.39. The van der Waals surface area contributed by atoms with Gasteiger partial charge in [0.1, 0.15) is 11.3 Å². The number of rotatable bonds is 4. The van der Waals surface area contributed by atoms with E-state index >= 15 is 0 Å². The fourth-order valence-electron chi connectivity index (χ4n) is 2.88. The average Bonchev–Trinajstić information content (AvgIpc) is 2.62. The van der Waals surface area contributed by atoms with Crippen molar-refractivity contribution in [3.8, 4) is 5.75 Å². The lowest BCUT2D eigenvalue weighted by molar-refractivity contribution is -0.134. The van der Waals surface area contributed by atoms with Crippen LogP contribution in [0.1, 0.15) is 35.6 Å². The van der Waals surface area contributed by atoms with Crippen molar-refractivity contribution in [2.45, 2.75) is 33.6 Å². The topological polar surface area (TPSA) is 56.5 Å². The van der Waals surface area contributed by atoms with Gasteiger partial charge in [0.05, 0.1) is 0 Å². The summed E-state index contributed by atoms with van der Waals surface area (Å²) in [6.45, 7) is 5.45. The highest BCUT2D eigenvalue weighted by atomic mass is 16.5. The standard InChI is InChI=1S/C21H20O4/c1-4-19(22)24-18-11-10-16-13(2)17(12-15-8-6-5-7-9-15)21(23)25-20(16)14(18)3/h5-11H,4,12H2,1-3H3. The lowest BCUT2D eigenvalue weighted by atomic mass is 9.98. The molecule has 0 saturated carbocycles. The van der Waals surface area contributed by atoms with E-state index in [0.29, 0.717) is 28.9 Å². The summed E-state index contributed by atoms with van der Waals surface area (Å²) in [6.07, 6.45) is 0.813. The minimum Gasteiger partial charge on any atom is -0.426 e. The van der Waals surface area contributed by atoms with Crippen LogP contribution >= 0.6 is 0 Å². The molecule has 2 aromatic carbocycles. The van der Waals surface area contributed by atoms with Gasteiger partial charge in [-0.25, -0.2) is 4.79 Å². The van der Waals surface area contributed by atoms with Crippen molar-refractivity contribution in [3.05, 3.63) is 75.1 Å². The van der Waals surface area contributed by atoms with Gasteiger partial charge in [0.2, 0.25) is 0 Å². The Morgan fingerprint density at radius 1 is 1.04 bits per heavy atom. The molecule has 0 fully saturated rings. The summed E-state index contributed by atoms with van der Waals surface area (Å²) >= 11 is 0. The van der Waals surface area contributed by atoms with E-state index < -0.39 is 0 Å². The normalized spacial score (nSPS) is 10.8. The van der Waals surface area contributed by atoms with Gasteiger partial charge < -0.3 is 9.15 Å². The minimum absolute atomic E-state index is 0.288. The number of aryl methyl sites for hydroxylation is 2. The first-order chi connectivity index (χ1) is 12.0. The molecule has 0 aliphatic carbocycles. The van der Waals surface area contributed by atoms with Gasteiger partial charge in [0, 0.05) is 29.4 Å². The van der Waals surface area contributed by atoms with Crippen LogP contribution in [0.25, 0.3) is 11.0 Å². The third-order valence-electron chi connectivity index (χ3n) is 4.39. The van der Waals surface area contributed by atoms with E-state index in [1.165, 1.54) is 0 Å². The highest BCUT2D eigenvalue weighted by Gasteiger charge is 2.16. The SMILES string of the molecule is CCC(=O)Oc1ccc2c(C)c(Cc3ccccc3)c(=O)oc2c1C. The zero-order valence-corrected chi connectivity index (χ0v) is 14.6. The first-order valence-corrected chi connectivity index (χ1v) is 8.31. The Kier molecular flexibility index (Phi) is 4.70. The summed E-state index contributed by atoms with van der Waals surface area (Å²) in [5.74, 6) is 0.111. The quantitative estimate of drug-likeness (QED) is 0.404. The number of hydrogen-bond donors (Lipinski definition) is 0. The summed E-state index contributed by atoms with van der Waals surface area (Å²) in [6, 6.07) is 13.4. The van der Waals surface area contributed by atoms with Crippen molar-refractivity contribution in [2.75, 3.05) is 0 Å². The molecule has 25 heavy (non-hydrogen) atoms. The lowest BCUT2D eigenvalue weighted by Gasteiger charge is -2.12. The van der Waals surface area contributed by atoms with Gasteiger partial charge in [-0.15, -0.1) is 0 Å². The first-order valence-electron chi connectivity index (χ1n) is 8.31. The molecule has 0 saturated heterocycles. The fourth-order valence-corrected chi connectivity index (χ4v) is 2.88. The van der Waals surface area contributed by atoms with Crippen LogP contribution in [0.3, 0.4) is 0 Å². The number of fused-ring (bicyclic) bond motifs is 1. The van der Waals surface area contributed by atoms with E-state index in [0.717, 1.165) is 16.5 Å². The van der Waals surface area contributed by atoms with Gasteiger partial charge in [-0.3, -0.25) is 4.79 Å². The molecule has 4 nitrogen and oxygen atoms in total. The molecule has 3 rings (SSSR count). The van der Waals surface area contributed by atoms with E-state index in [2.05, 4.69) is 0 Å². The largest absolute Gasteiger partial charge is 0.426 e. The Balaban J connectivity index is 2.10. The van der Waals surface area contributed by atoms with E-state index in [1.807, 2.05) is 43.3 Å². The van der Waals surface area contributed by atoms with Gasteiger partial charge in [-0.05, 0) is 37.1 Å². The molecule has 0 atom stereocenters. The molecule has 3 aromatic rings. The van der Waals surface area contributed by atoms with Gasteiger partial charge in [0.25, 0.3) is 0 Å². The molecular formula is C21H20O4. The predicted octanol–water partition coefficient (Wildman–Crippen LogP) is 4.32. The Labute approximate surface area is 146 Å². The molecule has 0 N–H and O–H groups in total. The van der Waals surface area contributed by atoms with Crippen LogP contribution in [0, 0.1) is 13.8 Å². The molecule has 1 aromatic heterocycles. The van der Waals surface area contributed by atoms with Gasteiger partial charge in [0.15, 0.2) is 0 Å². The minimum atomic E-state index is -0.351. The smallest absolute Gasteiger partial charge is 0.340 e. The highest BCUT2D eigenvalue weighted by Crippen LogP contribution is 2.30. The Hall–Kier alpha value is -2.88. The van der Waals surface area contributed by atoms with Crippen molar-refractivity contribution in [1.29, 1.82) is 0 Å². The molecule has 0 aliphatic rings. The highest BCUT2D eigenvalue weighted by molar-refractivity contribution is 5.86. The molecule has 0 unspecified atom stereocenters. The maximum atomic E-state index is 12.5. The molecule has 4 heteroatoms. The predicted molar refractivity (Wildman–Crippen MR) is 97.1 cm³/mol. The fraction of sp³-hybridized carbons (Fsp3) is 0.238. The van der Waals surface area contributed by atoms with Gasteiger partial charge in [-0.2, -0.15) is 0 Å². The second-order valence-electron chi connectivity index (χ2n) is 6.05. The second kappa shape index (κ2) is 6.93. The van der Waals surface area contributed by atoms with Crippen LogP contribution in [-0.2, 0) is 11.2 Å². The molecular weight excluding hydrogens is 316 g/mol. The van der Waals surface area contributed by atoms with Crippen LogP contribution in [0.5, 0.6) is 5.75 Å². The molecule has 0 bridgehead atoms. The first kappa shape index (κ1) is 17.0. The van der Waals surface area contributed by atoms with Crippen LogP contribution in [0.15, 0.2) is 51.7 Å². The molecule has 0 radical (unpaired) electrons. The van der Waals surface area contributed by atoms with Crippen LogP contribution in [0.2, 0.25) is 0 Å². The maximum Gasteiger partial charge on any atom is 0.340 e. The summed E-state index contributed by atoms with van der Waals surface area (Å²) in [5, 5.41) is 0.860. The van der Waals surface area contributed by atoms with E-state index in [1.54, 1.807) is 19.9 Å². The molecule has 0 aliphatic heterocycles. The van der Waals surface area contributed by atoms with Crippen molar-refractivity contribution in [2.24, 2.45) is 0 Å². The monoisotopic (exact) mass is 336 g/mol. The number of carbonyl (C=O) groups is 1. The van der Waals surface area contributed by atoms with Crippen molar-refractivity contribution in [3.63, 3.8) is 0 Å². The van der Waals surface area contributed by atoms with Crippen LogP contribution in [-0.4, -0.2) is 5.97 Å². The Morgan fingerprint density at radius 3 is 2.44 bits per heavy atom. The van der Waals surface area contributed by atoms with Crippen LogP contribution < -0.4 is 10.4 Å². The zero-order valence-electron chi connectivity index (χ0n) is 14.6. The molecule has 0 spiro atoms. The van der Waals surface area contributed by atoms with Gasteiger partial charge in [-0.1, -0.05) is 37.3 Å². The van der Waals surface area contributed by atoms with Crippen molar-refractivity contribution in [1.82, 2.24) is 0 Å². The summed E-state index contributed by atoms with van der Waals surface area (Å²) < 4.78 is 10.9. The maximum absolute atomic E-state index is 12.5. The third kappa shape index (κ3) is 3.33. The zero-order chi connectivity index (χ0) is 18.0. The van der Waals surface area contributed by atoms with Crippen molar-refractivity contribution >= 4 is 16.9 Å². The van der Waals surface area contributed by atoms with E-state index in [4.69, 9.17) is 9.15 Å². The van der Waals surface area contributed by atoms with Crippen molar-refractivity contribution < 1.29 is 13.9 Å². The number of hydrogen-bond acceptors (Lipinski definition) is 4. The summed E-state index contributed by atoms with van der Waals surface area (Å²) in [7, 11) is 0. The van der Waals surface area contributed by atoms with E-state index in [-0.39, 0.29) is 18.0 Å². The Bertz CT molecular complexity index is 984. The second-order valence-corrected chi connectivity index (χ2v) is 6.05. The van der Waals surface area contributed by atoms with Crippen LogP contribution in [0.4, 0.5) is 0 Å². The van der Waals surface area contributed by atoms with E-state index in [9.17, 15) is 9.59 Å². The number of ether oxygens (including phenoxy) is 1. The number of benzene rings is 2. The molecule has 1 heterocycles. The van der Waals surface area contributed by atoms with Gasteiger partial charge >= 0.3 is 11.6 Å². The lowest BCUT2D eigenvalue weighted by Crippen LogP contribution is -2.12. The molecule has 128 valence electrons.